The van der Waals surface area contributed by atoms with Crippen LogP contribution in [0, 0.1) is 20.8 Å². The molecular formula is C35H36N4O6. The number of hydrogen-bond acceptors (Lipinski definition) is 8. The van der Waals surface area contributed by atoms with Crippen molar-refractivity contribution in [2.24, 2.45) is 0 Å². The third-order valence-electron chi connectivity index (χ3n) is 9.45. The Morgan fingerprint density at radius 1 is 0.956 bits per heavy atom. The molecule has 0 amide bonds. The van der Waals surface area contributed by atoms with E-state index in [2.05, 4.69) is 43.7 Å². The zero-order valence-electron chi connectivity index (χ0n) is 26.6. The lowest BCUT2D eigenvalue weighted by Crippen LogP contribution is -2.14. The fraction of sp³-hybridized carbons (Fsp3) is 0.371. The van der Waals surface area contributed by atoms with Gasteiger partial charge in [-0.1, -0.05) is 13.8 Å². The quantitative estimate of drug-likeness (QED) is 0.266. The van der Waals surface area contributed by atoms with Gasteiger partial charge >= 0.3 is 23.9 Å². The maximum Gasteiger partial charge on any atom is 0.348 e. The van der Waals surface area contributed by atoms with Gasteiger partial charge in [0.15, 0.2) is 0 Å². The minimum Gasteiger partial charge on any atom is -0.393 e. The number of nitrogens with zero attached hydrogens (tertiary/aromatic N) is 2. The summed E-state index contributed by atoms with van der Waals surface area (Å²) >= 11 is 0. The van der Waals surface area contributed by atoms with E-state index in [0.717, 1.165) is 56.4 Å². The van der Waals surface area contributed by atoms with Gasteiger partial charge in [-0.25, -0.2) is 9.78 Å². The van der Waals surface area contributed by atoms with Crippen LogP contribution in [0.2, 0.25) is 0 Å². The van der Waals surface area contributed by atoms with Crippen molar-refractivity contribution in [3.63, 3.8) is 0 Å². The maximum absolute atomic E-state index is 13.3. The Kier molecular flexibility index (Phi) is 7.54. The molecule has 6 heterocycles. The first-order valence-electron chi connectivity index (χ1n) is 15.3. The summed E-state index contributed by atoms with van der Waals surface area (Å²) in [5, 5.41) is 0. The topological polar surface area (TPSA) is 144 Å². The van der Waals surface area contributed by atoms with E-state index in [-0.39, 0.29) is 30.3 Å². The number of esters is 4. The van der Waals surface area contributed by atoms with E-state index in [0.29, 0.717) is 34.6 Å². The molecule has 0 spiro atoms. The van der Waals surface area contributed by atoms with Crippen LogP contribution in [0.1, 0.15) is 103 Å². The van der Waals surface area contributed by atoms with Crippen molar-refractivity contribution in [2.45, 2.75) is 86.0 Å². The lowest BCUT2D eigenvalue weighted by Gasteiger charge is -2.17. The molecule has 2 atom stereocenters. The van der Waals surface area contributed by atoms with Crippen LogP contribution in [0.25, 0.3) is 33.2 Å². The molecule has 0 unspecified atom stereocenters. The molecule has 3 aromatic heterocycles. The first-order chi connectivity index (χ1) is 21.4. The number of ether oxygens (including phenoxy) is 2. The Bertz CT molecular complexity index is 2030. The molecule has 8 bridgehead atoms. The van der Waals surface area contributed by atoms with E-state index in [1.807, 2.05) is 19.1 Å². The minimum absolute atomic E-state index is 0.0231. The lowest BCUT2D eigenvalue weighted by atomic mass is 9.84. The van der Waals surface area contributed by atoms with Gasteiger partial charge in [-0.05, 0) is 86.6 Å². The normalized spacial score (nSPS) is 17.8. The maximum atomic E-state index is 13.3. The number of carbonyl (C=O) groups is 4. The van der Waals surface area contributed by atoms with Crippen LogP contribution in [0.4, 0.5) is 0 Å². The van der Waals surface area contributed by atoms with E-state index >= 15 is 0 Å². The van der Waals surface area contributed by atoms with E-state index in [9.17, 15) is 19.2 Å². The van der Waals surface area contributed by atoms with E-state index in [1.54, 1.807) is 6.92 Å². The van der Waals surface area contributed by atoms with Crippen molar-refractivity contribution >= 4 is 57.1 Å². The molecule has 10 heteroatoms. The van der Waals surface area contributed by atoms with Gasteiger partial charge in [0, 0.05) is 58.5 Å². The Balaban J connectivity index is 1.73. The van der Waals surface area contributed by atoms with Crippen molar-refractivity contribution in [1.29, 1.82) is 0 Å². The van der Waals surface area contributed by atoms with Crippen molar-refractivity contribution in [3.05, 3.63) is 68.8 Å². The van der Waals surface area contributed by atoms with Gasteiger partial charge in [0.05, 0.1) is 29.1 Å². The summed E-state index contributed by atoms with van der Waals surface area (Å²) in [5.41, 5.74) is 11.9. The minimum atomic E-state index is -0.742. The first kappa shape index (κ1) is 30.2. The molecule has 3 aliphatic heterocycles. The van der Waals surface area contributed by atoms with E-state index < -0.39 is 23.9 Å². The number of aryl methyl sites for hydroxylation is 4. The number of rotatable bonds is 4. The zero-order chi connectivity index (χ0) is 32.3. The van der Waals surface area contributed by atoms with Crippen LogP contribution < -0.4 is 0 Å². The van der Waals surface area contributed by atoms with Gasteiger partial charge in [0.1, 0.15) is 0 Å². The molecule has 0 radical (unpaired) electrons. The standard InChI is InChI=1S/C35H36N4O6/c1-8-21-17(4)26-12-24-15(2)16(3)25(36-24)13-27-18(5)22(9-10-30(41)44-20(7)40)33(38-27)23-11-31(42)45-35(43)32-19(6)28(39-34(23)32)14-29(21)37-26/h12-14,18,22,36-37H,8-11H2,1-7H3/t18-,22-/m0/s1. The number of aromatic nitrogens is 4. The molecule has 0 aromatic carbocycles. The third kappa shape index (κ3) is 5.18. The molecule has 6 rings (SSSR count). The fourth-order valence-corrected chi connectivity index (χ4v) is 6.75. The SMILES string of the molecule is CCc1c(C)c2cc3[nH]c(cc4nc(c5c6nc(cc1[nH]2)C(C)=C6C(=O)OC(=O)C5)[C@@H](CCC(=O)OC(C)=O)[C@@H]4C)c(C)c3C. The predicted molar refractivity (Wildman–Crippen MR) is 169 cm³/mol. The van der Waals surface area contributed by atoms with Gasteiger partial charge in [0.25, 0.3) is 0 Å². The van der Waals surface area contributed by atoms with Crippen molar-refractivity contribution in [3.8, 4) is 0 Å². The average Bonchev–Trinajstić information content (AvgIpc) is 3.62. The average molecular weight is 609 g/mol. The van der Waals surface area contributed by atoms with Crippen molar-refractivity contribution in [2.75, 3.05) is 0 Å². The zero-order valence-corrected chi connectivity index (χ0v) is 26.6. The fourth-order valence-electron chi connectivity index (χ4n) is 6.75. The first-order valence-corrected chi connectivity index (χ1v) is 15.3. The Hall–Kier alpha value is -4.86. The van der Waals surface area contributed by atoms with Crippen LogP contribution in [0.3, 0.4) is 0 Å². The molecule has 0 aliphatic carbocycles. The second kappa shape index (κ2) is 11.3. The van der Waals surface area contributed by atoms with Crippen molar-refractivity contribution < 1.29 is 28.7 Å². The molecule has 0 fully saturated rings. The summed E-state index contributed by atoms with van der Waals surface area (Å²) < 4.78 is 10.0. The smallest absolute Gasteiger partial charge is 0.348 e. The van der Waals surface area contributed by atoms with Crippen LogP contribution >= 0.6 is 0 Å². The third-order valence-corrected chi connectivity index (χ3v) is 9.45. The highest BCUT2D eigenvalue weighted by atomic mass is 16.6. The second-order valence-corrected chi connectivity index (χ2v) is 12.1. The summed E-state index contributed by atoms with van der Waals surface area (Å²) in [6, 6.07) is 6.08. The van der Waals surface area contributed by atoms with E-state index in [4.69, 9.17) is 19.4 Å². The number of nitrogens with one attached hydrogen (secondary N) is 2. The molecule has 3 aliphatic rings. The Morgan fingerprint density at radius 3 is 2.31 bits per heavy atom. The van der Waals surface area contributed by atoms with E-state index in [1.165, 1.54) is 6.92 Å². The van der Waals surface area contributed by atoms with Gasteiger partial charge < -0.3 is 19.4 Å². The number of cyclic esters (lactones) is 2. The van der Waals surface area contributed by atoms with Gasteiger partial charge in [0.2, 0.25) is 0 Å². The molecule has 3 aromatic rings. The molecule has 232 valence electrons. The Labute approximate surface area is 260 Å². The molecule has 45 heavy (non-hydrogen) atoms. The van der Waals surface area contributed by atoms with Gasteiger partial charge in [-0.15, -0.1) is 0 Å². The highest BCUT2D eigenvalue weighted by molar-refractivity contribution is 6.28. The summed E-state index contributed by atoms with van der Waals surface area (Å²) in [7, 11) is 0. The number of H-pyrrole nitrogens is 2. The monoisotopic (exact) mass is 608 g/mol. The summed E-state index contributed by atoms with van der Waals surface area (Å²) in [5.74, 6) is -3.21. The lowest BCUT2D eigenvalue weighted by molar-refractivity contribution is -0.159. The van der Waals surface area contributed by atoms with Gasteiger partial charge in [-0.2, -0.15) is 0 Å². The van der Waals surface area contributed by atoms with Gasteiger partial charge in [-0.3, -0.25) is 19.4 Å². The van der Waals surface area contributed by atoms with Crippen molar-refractivity contribution in [1.82, 2.24) is 19.9 Å². The number of hydrogen-bond donors (Lipinski definition) is 2. The number of carbonyl (C=O) groups excluding carboxylic acids is 4. The number of allylic oxidation sites excluding steroid dienone is 1. The largest absolute Gasteiger partial charge is 0.393 e. The van der Waals surface area contributed by atoms with Crippen LogP contribution in [0.5, 0.6) is 0 Å². The molecular weight excluding hydrogens is 572 g/mol. The summed E-state index contributed by atoms with van der Waals surface area (Å²) in [4.78, 5) is 67.3. The molecule has 2 N–H and O–H groups in total. The van der Waals surface area contributed by atoms with Crippen LogP contribution in [-0.2, 0) is 41.5 Å². The summed E-state index contributed by atoms with van der Waals surface area (Å²) in [6.07, 6.45) is 0.881. The highest BCUT2D eigenvalue weighted by Gasteiger charge is 2.38. The predicted octanol–water partition coefficient (Wildman–Crippen LogP) is 6.12. The second-order valence-electron chi connectivity index (χ2n) is 12.1. The molecule has 10 nitrogen and oxygen atoms in total. The molecule has 0 saturated carbocycles. The number of fused-ring (bicyclic) bond motifs is 8. The van der Waals surface area contributed by atoms with Crippen LogP contribution in [-0.4, -0.2) is 43.8 Å². The number of aromatic amines is 2. The van der Waals surface area contributed by atoms with Crippen LogP contribution in [0.15, 0.2) is 18.2 Å². The Morgan fingerprint density at radius 2 is 1.62 bits per heavy atom. The summed E-state index contributed by atoms with van der Waals surface area (Å²) in [6.45, 7) is 13.4. The highest BCUT2D eigenvalue weighted by Crippen LogP contribution is 2.44. The molecule has 0 saturated heterocycles.